The SMILES string of the molecule is NC1(CCc2cn[nH]c2[N+](=O)[O-])CC1. The quantitative estimate of drug-likeness (QED) is 0.548. The number of H-pyrrole nitrogens is 1. The Bertz CT molecular complexity index is 356. The van der Waals surface area contributed by atoms with E-state index in [0.29, 0.717) is 12.0 Å². The molecule has 0 amide bonds. The van der Waals surface area contributed by atoms with Gasteiger partial charge in [0, 0.05) is 5.54 Å². The first kappa shape index (κ1) is 9.14. The molecule has 0 radical (unpaired) electrons. The molecule has 2 rings (SSSR count). The van der Waals surface area contributed by atoms with E-state index < -0.39 is 4.92 Å². The number of nitro groups is 1. The average Bonchev–Trinajstić information content (AvgIpc) is 2.68. The van der Waals surface area contributed by atoms with E-state index in [-0.39, 0.29) is 11.4 Å². The number of aryl methyl sites for hydroxylation is 1. The zero-order valence-corrected chi connectivity index (χ0v) is 7.69. The number of nitrogens with one attached hydrogen (secondary N) is 1. The molecule has 1 aliphatic carbocycles. The van der Waals surface area contributed by atoms with E-state index in [1.54, 1.807) is 0 Å². The Morgan fingerprint density at radius 2 is 2.43 bits per heavy atom. The Labute approximate surface area is 80.6 Å². The highest BCUT2D eigenvalue weighted by molar-refractivity contribution is 5.29. The van der Waals surface area contributed by atoms with Crippen LogP contribution in [0.1, 0.15) is 24.8 Å². The summed E-state index contributed by atoms with van der Waals surface area (Å²) >= 11 is 0. The molecule has 1 aromatic rings. The van der Waals surface area contributed by atoms with Crippen LogP contribution in [0.3, 0.4) is 0 Å². The second-order valence-corrected chi connectivity index (χ2v) is 3.86. The molecule has 3 N–H and O–H groups in total. The van der Waals surface area contributed by atoms with Crippen LogP contribution in [0, 0.1) is 10.1 Å². The summed E-state index contributed by atoms with van der Waals surface area (Å²) in [6, 6.07) is 0. The minimum atomic E-state index is -0.446. The van der Waals surface area contributed by atoms with Crippen LogP contribution in [-0.4, -0.2) is 20.7 Å². The van der Waals surface area contributed by atoms with Crippen LogP contribution in [0.4, 0.5) is 5.82 Å². The number of aromatic amines is 1. The third kappa shape index (κ3) is 1.74. The lowest BCUT2D eigenvalue weighted by Crippen LogP contribution is -2.22. The molecule has 1 aromatic heterocycles. The molecule has 0 bridgehead atoms. The first-order chi connectivity index (χ1) is 6.61. The van der Waals surface area contributed by atoms with Gasteiger partial charge in [-0.25, -0.2) is 0 Å². The van der Waals surface area contributed by atoms with E-state index in [1.807, 2.05) is 0 Å². The molecule has 0 aliphatic heterocycles. The number of rotatable bonds is 4. The van der Waals surface area contributed by atoms with Gasteiger partial charge in [0.15, 0.2) is 0 Å². The van der Waals surface area contributed by atoms with Crippen molar-refractivity contribution in [1.82, 2.24) is 10.2 Å². The molecule has 0 unspecified atom stereocenters. The predicted molar refractivity (Wildman–Crippen MR) is 49.7 cm³/mol. The van der Waals surface area contributed by atoms with E-state index in [9.17, 15) is 10.1 Å². The molecule has 14 heavy (non-hydrogen) atoms. The summed E-state index contributed by atoms with van der Waals surface area (Å²) in [6.07, 6.45) is 4.98. The van der Waals surface area contributed by atoms with Gasteiger partial charge in [0.2, 0.25) is 0 Å². The summed E-state index contributed by atoms with van der Waals surface area (Å²) in [5.41, 5.74) is 6.47. The van der Waals surface area contributed by atoms with Gasteiger partial charge in [0.1, 0.15) is 0 Å². The van der Waals surface area contributed by atoms with Crippen LogP contribution in [0.2, 0.25) is 0 Å². The fourth-order valence-electron chi connectivity index (χ4n) is 1.44. The maximum absolute atomic E-state index is 10.5. The van der Waals surface area contributed by atoms with E-state index in [4.69, 9.17) is 5.73 Å². The lowest BCUT2D eigenvalue weighted by atomic mass is 10.1. The van der Waals surface area contributed by atoms with E-state index in [1.165, 1.54) is 6.20 Å². The minimum absolute atomic E-state index is 0.00532. The number of hydrogen-bond donors (Lipinski definition) is 2. The lowest BCUT2D eigenvalue weighted by Gasteiger charge is -2.05. The molecular weight excluding hydrogens is 184 g/mol. The van der Waals surface area contributed by atoms with Crippen molar-refractivity contribution in [2.24, 2.45) is 5.73 Å². The minimum Gasteiger partial charge on any atom is -0.358 e. The fourth-order valence-corrected chi connectivity index (χ4v) is 1.44. The lowest BCUT2D eigenvalue weighted by molar-refractivity contribution is -0.390. The molecule has 76 valence electrons. The van der Waals surface area contributed by atoms with Crippen LogP contribution in [0.5, 0.6) is 0 Å². The van der Waals surface area contributed by atoms with Crippen molar-refractivity contribution in [2.45, 2.75) is 31.2 Å². The zero-order chi connectivity index (χ0) is 10.2. The van der Waals surface area contributed by atoms with Gasteiger partial charge >= 0.3 is 5.82 Å². The molecule has 6 heteroatoms. The molecule has 0 spiro atoms. The van der Waals surface area contributed by atoms with Crippen LogP contribution in [0.15, 0.2) is 6.20 Å². The zero-order valence-electron chi connectivity index (χ0n) is 7.69. The summed E-state index contributed by atoms with van der Waals surface area (Å²) in [7, 11) is 0. The second kappa shape index (κ2) is 3.06. The van der Waals surface area contributed by atoms with Crippen molar-refractivity contribution in [3.05, 3.63) is 21.9 Å². The summed E-state index contributed by atoms with van der Waals surface area (Å²) in [4.78, 5) is 10.1. The molecule has 1 saturated carbocycles. The van der Waals surface area contributed by atoms with Crippen LogP contribution < -0.4 is 5.73 Å². The van der Waals surface area contributed by atoms with Crippen molar-refractivity contribution in [3.8, 4) is 0 Å². The standard InChI is InChI=1S/C8H12N4O2/c9-8(3-4-8)2-1-6-5-10-11-7(6)12(13)14/h5H,1-4,9H2,(H,10,11). The fraction of sp³-hybridized carbons (Fsp3) is 0.625. The third-order valence-corrected chi connectivity index (χ3v) is 2.66. The predicted octanol–water partition coefficient (Wildman–Crippen LogP) is 0.742. The smallest absolute Gasteiger partial charge is 0.345 e. The van der Waals surface area contributed by atoms with Gasteiger partial charge in [0.25, 0.3) is 0 Å². The molecule has 0 saturated heterocycles. The summed E-state index contributed by atoms with van der Waals surface area (Å²) in [5, 5.41) is 16.6. The van der Waals surface area contributed by atoms with E-state index in [2.05, 4.69) is 10.2 Å². The Balaban J connectivity index is 2.01. The molecular formula is C8H12N4O2. The molecule has 6 nitrogen and oxygen atoms in total. The van der Waals surface area contributed by atoms with Gasteiger partial charge in [-0.2, -0.15) is 0 Å². The van der Waals surface area contributed by atoms with Crippen molar-refractivity contribution in [1.29, 1.82) is 0 Å². The van der Waals surface area contributed by atoms with Crippen molar-refractivity contribution in [3.63, 3.8) is 0 Å². The molecule has 0 atom stereocenters. The van der Waals surface area contributed by atoms with E-state index in [0.717, 1.165) is 19.3 Å². The van der Waals surface area contributed by atoms with Crippen molar-refractivity contribution >= 4 is 5.82 Å². The van der Waals surface area contributed by atoms with Gasteiger partial charge in [-0.05, 0) is 30.6 Å². The first-order valence-corrected chi connectivity index (χ1v) is 4.56. The highest BCUT2D eigenvalue weighted by Crippen LogP contribution is 2.37. The highest BCUT2D eigenvalue weighted by atomic mass is 16.6. The van der Waals surface area contributed by atoms with E-state index >= 15 is 0 Å². The number of hydrogen-bond acceptors (Lipinski definition) is 4. The maximum atomic E-state index is 10.5. The topological polar surface area (TPSA) is 97.8 Å². The largest absolute Gasteiger partial charge is 0.358 e. The second-order valence-electron chi connectivity index (χ2n) is 3.86. The third-order valence-electron chi connectivity index (χ3n) is 2.66. The highest BCUT2D eigenvalue weighted by Gasteiger charge is 2.37. The molecule has 0 aromatic carbocycles. The van der Waals surface area contributed by atoms with Crippen LogP contribution in [0.25, 0.3) is 0 Å². The van der Waals surface area contributed by atoms with Gasteiger partial charge in [-0.3, -0.25) is 0 Å². The summed E-state index contributed by atoms with van der Waals surface area (Å²) in [5.74, 6) is -0.00532. The molecule has 1 aliphatic rings. The van der Waals surface area contributed by atoms with Gasteiger partial charge in [0.05, 0.1) is 11.8 Å². The Hall–Kier alpha value is -1.43. The normalized spacial score (nSPS) is 18.1. The average molecular weight is 196 g/mol. The number of nitrogens with zero attached hydrogens (tertiary/aromatic N) is 2. The number of aromatic nitrogens is 2. The summed E-state index contributed by atoms with van der Waals surface area (Å²) in [6.45, 7) is 0. The number of nitrogens with two attached hydrogens (primary N) is 1. The molecule has 1 heterocycles. The van der Waals surface area contributed by atoms with Crippen molar-refractivity contribution < 1.29 is 4.92 Å². The van der Waals surface area contributed by atoms with Gasteiger partial charge in [-0.1, -0.05) is 5.10 Å². The Morgan fingerprint density at radius 3 is 3.00 bits per heavy atom. The van der Waals surface area contributed by atoms with Crippen LogP contribution in [-0.2, 0) is 6.42 Å². The first-order valence-electron chi connectivity index (χ1n) is 4.56. The summed E-state index contributed by atoms with van der Waals surface area (Å²) < 4.78 is 0. The van der Waals surface area contributed by atoms with Crippen molar-refractivity contribution in [2.75, 3.05) is 0 Å². The molecule has 1 fully saturated rings. The Kier molecular flexibility index (Phi) is 1.99. The van der Waals surface area contributed by atoms with Gasteiger partial charge < -0.3 is 15.8 Å². The maximum Gasteiger partial charge on any atom is 0.345 e. The van der Waals surface area contributed by atoms with Gasteiger partial charge in [-0.15, -0.1) is 5.10 Å². The van der Waals surface area contributed by atoms with Crippen LogP contribution >= 0.6 is 0 Å². The monoisotopic (exact) mass is 196 g/mol. The Morgan fingerprint density at radius 1 is 1.71 bits per heavy atom.